The van der Waals surface area contributed by atoms with Crippen LogP contribution in [0.3, 0.4) is 0 Å². The number of likely N-dealkylation sites (tertiary alicyclic amines) is 2. The first kappa shape index (κ1) is 15.1. The van der Waals surface area contributed by atoms with Gasteiger partial charge in [0, 0.05) is 19.6 Å². The van der Waals surface area contributed by atoms with E-state index in [1.165, 1.54) is 0 Å². The van der Waals surface area contributed by atoms with Crippen LogP contribution < -0.4 is 0 Å². The van der Waals surface area contributed by atoms with Gasteiger partial charge in [-0.15, -0.1) is 0 Å². The standard InChI is InChI=1S/C15H26N2O3/c1-14(2)7-10-16(11-8-14)13(20)17-9-5-4-6-15(17,3)12(18)19/h4-11H2,1-3H3,(H,18,19). The number of aliphatic carboxylic acids is 1. The van der Waals surface area contributed by atoms with Crippen molar-refractivity contribution in [1.29, 1.82) is 0 Å². The van der Waals surface area contributed by atoms with Crippen LogP contribution in [-0.2, 0) is 4.79 Å². The summed E-state index contributed by atoms with van der Waals surface area (Å²) in [5, 5.41) is 9.49. The Morgan fingerprint density at radius 1 is 0.950 bits per heavy atom. The molecule has 2 amide bonds. The van der Waals surface area contributed by atoms with Crippen molar-refractivity contribution < 1.29 is 14.7 Å². The molecule has 2 rings (SSSR count). The molecule has 0 spiro atoms. The molecule has 114 valence electrons. The lowest BCUT2D eigenvalue weighted by atomic mass is 9.82. The summed E-state index contributed by atoms with van der Waals surface area (Å²) in [6.07, 6.45) is 4.29. The van der Waals surface area contributed by atoms with Gasteiger partial charge in [0.25, 0.3) is 0 Å². The van der Waals surface area contributed by atoms with E-state index in [9.17, 15) is 14.7 Å². The highest BCUT2D eigenvalue weighted by molar-refractivity contribution is 5.86. The second kappa shape index (κ2) is 5.26. The molecular formula is C15H26N2O3. The minimum Gasteiger partial charge on any atom is -0.480 e. The number of carboxylic acids is 1. The van der Waals surface area contributed by atoms with Gasteiger partial charge in [-0.25, -0.2) is 9.59 Å². The third kappa shape index (κ3) is 2.76. The van der Waals surface area contributed by atoms with E-state index in [-0.39, 0.29) is 11.4 Å². The predicted octanol–water partition coefficient (Wildman–Crippen LogP) is 2.56. The van der Waals surface area contributed by atoms with E-state index in [2.05, 4.69) is 13.8 Å². The maximum absolute atomic E-state index is 12.7. The highest BCUT2D eigenvalue weighted by Crippen LogP contribution is 2.33. The summed E-state index contributed by atoms with van der Waals surface area (Å²) in [4.78, 5) is 27.6. The number of hydrogen-bond acceptors (Lipinski definition) is 2. The Bertz CT molecular complexity index is 398. The zero-order valence-electron chi connectivity index (χ0n) is 12.8. The van der Waals surface area contributed by atoms with Crippen LogP contribution in [0, 0.1) is 5.41 Å². The fourth-order valence-electron chi connectivity index (χ4n) is 3.12. The van der Waals surface area contributed by atoms with Crippen molar-refractivity contribution in [2.24, 2.45) is 5.41 Å². The number of carboxylic acid groups (broad SMARTS) is 1. The molecule has 2 heterocycles. The number of carbonyl (C=O) groups is 2. The molecule has 5 nitrogen and oxygen atoms in total. The van der Waals surface area contributed by atoms with Crippen molar-refractivity contribution in [2.75, 3.05) is 19.6 Å². The summed E-state index contributed by atoms with van der Waals surface area (Å²) < 4.78 is 0. The average molecular weight is 282 g/mol. The number of rotatable bonds is 1. The first-order chi connectivity index (χ1) is 9.26. The molecule has 2 fully saturated rings. The van der Waals surface area contributed by atoms with Gasteiger partial charge in [-0.1, -0.05) is 13.8 Å². The van der Waals surface area contributed by atoms with E-state index < -0.39 is 11.5 Å². The van der Waals surface area contributed by atoms with Crippen molar-refractivity contribution in [3.05, 3.63) is 0 Å². The molecule has 2 saturated heterocycles. The number of nitrogens with zero attached hydrogens (tertiary/aromatic N) is 2. The van der Waals surface area contributed by atoms with Crippen LogP contribution in [0.1, 0.15) is 52.9 Å². The minimum absolute atomic E-state index is 0.0925. The summed E-state index contributed by atoms with van der Waals surface area (Å²) >= 11 is 0. The van der Waals surface area contributed by atoms with Crippen molar-refractivity contribution in [3.63, 3.8) is 0 Å². The molecule has 0 saturated carbocycles. The molecule has 2 aliphatic heterocycles. The van der Waals surface area contributed by atoms with E-state index in [0.717, 1.165) is 38.8 Å². The molecule has 1 N–H and O–H groups in total. The monoisotopic (exact) mass is 282 g/mol. The van der Waals surface area contributed by atoms with Crippen molar-refractivity contribution in [1.82, 2.24) is 9.80 Å². The lowest BCUT2D eigenvalue weighted by Crippen LogP contribution is -2.61. The Balaban J connectivity index is 2.09. The number of urea groups is 1. The fourth-order valence-corrected chi connectivity index (χ4v) is 3.12. The molecule has 0 aromatic carbocycles. The molecule has 1 atom stereocenters. The van der Waals surface area contributed by atoms with Crippen LogP contribution in [0.15, 0.2) is 0 Å². The Morgan fingerprint density at radius 2 is 1.55 bits per heavy atom. The van der Waals surface area contributed by atoms with Gasteiger partial charge in [-0.2, -0.15) is 0 Å². The van der Waals surface area contributed by atoms with Gasteiger partial charge >= 0.3 is 12.0 Å². The molecule has 0 aromatic rings. The molecule has 20 heavy (non-hydrogen) atoms. The van der Waals surface area contributed by atoms with E-state index >= 15 is 0 Å². The molecule has 0 aliphatic carbocycles. The van der Waals surface area contributed by atoms with E-state index in [1.807, 2.05) is 4.90 Å². The van der Waals surface area contributed by atoms with E-state index in [1.54, 1.807) is 11.8 Å². The molecule has 0 aromatic heterocycles. The Kier molecular flexibility index (Phi) is 3.98. The number of amides is 2. The number of carbonyl (C=O) groups excluding carboxylic acids is 1. The smallest absolute Gasteiger partial charge is 0.329 e. The lowest BCUT2D eigenvalue weighted by Gasteiger charge is -2.46. The average Bonchev–Trinajstić information content (AvgIpc) is 2.38. The van der Waals surface area contributed by atoms with Gasteiger partial charge in [0.15, 0.2) is 0 Å². The third-order valence-corrected chi connectivity index (χ3v) is 4.97. The van der Waals surface area contributed by atoms with Gasteiger partial charge in [0.05, 0.1) is 0 Å². The summed E-state index contributed by atoms with van der Waals surface area (Å²) in [5.74, 6) is -0.886. The Hall–Kier alpha value is -1.26. The van der Waals surface area contributed by atoms with Crippen LogP contribution in [0.4, 0.5) is 4.79 Å². The number of hydrogen-bond donors (Lipinski definition) is 1. The summed E-state index contributed by atoms with van der Waals surface area (Å²) in [5.41, 5.74) is -0.753. The van der Waals surface area contributed by atoms with Gasteiger partial charge in [-0.3, -0.25) is 0 Å². The summed E-state index contributed by atoms with van der Waals surface area (Å²) in [6, 6.07) is -0.0925. The second-order valence-corrected chi connectivity index (χ2v) is 7.12. The van der Waals surface area contributed by atoms with E-state index in [4.69, 9.17) is 0 Å². The first-order valence-electron chi connectivity index (χ1n) is 7.56. The Morgan fingerprint density at radius 3 is 2.10 bits per heavy atom. The minimum atomic E-state index is -1.04. The summed E-state index contributed by atoms with van der Waals surface area (Å²) in [6.45, 7) is 8.14. The van der Waals surface area contributed by atoms with Gasteiger partial charge in [0.1, 0.15) is 5.54 Å². The number of piperidine rings is 2. The van der Waals surface area contributed by atoms with Crippen LogP contribution in [0.5, 0.6) is 0 Å². The van der Waals surface area contributed by atoms with Crippen LogP contribution >= 0.6 is 0 Å². The quantitative estimate of drug-likeness (QED) is 0.804. The fraction of sp³-hybridized carbons (Fsp3) is 0.867. The van der Waals surface area contributed by atoms with Gasteiger partial charge in [-0.05, 0) is 44.4 Å². The molecule has 0 bridgehead atoms. The normalized spacial score (nSPS) is 30.1. The maximum atomic E-state index is 12.7. The summed E-state index contributed by atoms with van der Waals surface area (Å²) in [7, 11) is 0. The lowest BCUT2D eigenvalue weighted by molar-refractivity contribution is -0.151. The highest BCUT2D eigenvalue weighted by atomic mass is 16.4. The largest absolute Gasteiger partial charge is 0.480 e. The van der Waals surface area contributed by atoms with Gasteiger partial charge in [0.2, 0.25) is 0 Å². The topological polar surface area (TPSA) is 60.9 Å². The zero-order valence-corrected chi connectivity index (χ0v) is 12.8. The molecular weight excluding hydrogens is 256 g/mol. The third-order valence-electron chi connectivity index (χ3n) is 4.97. The molecule has 5 heteroatoms. The molecule has 1 unspecified atom stereocenters. The van der Waals surface area contributed by atoms with Crippen LogP contribution in [0.25, 0.3) is 0 Å². The maximum Gasteiger partial charge on any atom is 0.329 e. The Labute approximate surface area is 120 Å². The zero-order chi connectivity index (χ0) is 15.0. The van der Waals surface area contributed by atoms with Crippen LogP contribution in [0.2, 0.25) is 0 Å². The predicted molar refractivity (Wildman–Crippen MR) is 76.6 cm³/mol. The molecule has 2 aliphatic rings. The van der Waals surface area contributed by atoms with E-state index in [0.29, 0.717) is 13.0 Å². The van der Waals surface area contributed by atoms with Crippen molar-refractivity contribution in [2.45, 2.75) is 58.4 Å². The SMILES string of the molecule is CC1(C)CCN(C(=O)N2CCCCC2(C)C(=O)O)CC1. The van der Waals surface area contributed by atoms with Crippen molar-refractivity contribution in [3.8, 4) is 0 Å². The second-order valence-electron chi connectivity index (χ2n) is 7.12. The van der Waals surface area contributed by atoms with Gasteiger partial charge < -0.3 is 14.9 Å². The van der Waals surface area contributed by atoms with Crippen molar-refractivity contribution >= 4 is 12.0 Å². The first-order valence-corrected chi connectivity index (χ1v) is 7.56. The van der Waals surface area contributed by atoms with Crippen LogP contribution in [-0.4, -0.2) is 52.1 Å². The highest BCUT2D eigenvalue weighted by Gasteiger charge is 2.45. The molecule has 0 radical (unpaired) electrons.